The zero-order valence-corrected chi connectivity index (χ0v) is 21.3. The van der Waals surface area contributed by atoms with E-state index in [2.05, 4.69) is 26.8 Å². The van der Waals surface area contributed by atoms with Crippen LogP contribution in [0.15, 0.2) is 42.0 Å². The van der Waals surface area contributed by atoms with E-state index in [9.17, 15) is 19.5 Å². The third-order valence-corrected chi connectivity index (χ3v) is 11.2. The monoisotopic (exact) mass is 475 g/mol. The normalized spacial score (nSPS) is 44.1. The number of rotatable bonds is 3. The van der Waals surface area contributed by atoms with Gasteiger partial charge in [-0.15, -0.1) is 0 Å². The third kappa shape index (κ3) is 2.73. The van der Waals surface area contributed by atoms with Crippen LogP contribution in [0.3, 0.4) is 0 Å². The summed E-state index contributed by atoms with van der Waals surface area (Å²) < 4.78 is 0. The van der Waals surface area contributed by atoms with Gasteiger partial charge in [0.05, 0.1) is 22.9 Å². The smallest absolute Gasteiger partial charge is 0.309 e. The quantitative estimate of drug-likeness (QED) is 0.449. The van der Waals surface area contributed by atoms with E-state index in [0.717, 1.165) is 38.5 Å². The average molecular weight is 476 g/mol. The van der Waals surface area contributed by atoms with Crippen molar-refractivity contribution in [1.82, 2.24) is 0 Å². The minimum absolute atomic E-state index is 0.0356. The van der Waals surface area contributed by atoms with Crippen molar-refractivity contribution < 1.29 is 19.5 Å². The minimum Gasteiger partial charge on any atom is -0.481 e. The number of benzene rings is 1. The number of aliphatic carboxylic acids is 1. The van der Waals surface area contributed by atoms with E-state index in [4.69, 9.17) is 0 Å². The summed E-state index contributed by atoms with van der Waals surface area (Å²) in [4.78, 5) is 42.0. The first kappa shape index (κ1) is 23.0. The molecular formula is C30H37NO4. The molecule has 1 N–H and O–H groups in total. The molecule has 186 valence electrons. The van der Waals surface area contributed by atoms with Crippen molar-refractivity contribution in [3.63, 3.8) is 0 Å². The summed E-state index contributed by atoms with van der Waals surface area (Å²) in [6.07, 6.45) is 7.58. The van der Waals surface area contributed by atoms with Gasteiger partial charge in [0.1, 0.15) is 0 Å². The van der Waals surface area contributed by atoms with E-state index in [1.54, 1.807) is 0 Å². The van der Waals surface area contributed by atoms with Crippen molar-refractivity contribution in [2.45, 2.75) is 66.2 Å². The largest absolute Gasteiger partial charge is 0.481 e. The fraction of sp³-hybridized carbons (Fsp3) is 0.633. The number of imide groups is 1. The number of hydrogen-bond acceptors (Lipinski definition) is 3. The van der Waals surface area contributed by atoms with Crippen LogP contribution in [0.25, 0.3) is 0 Å². The summed E-state index contributed by atoms with van der Waals surface area (Å²) in [5.74, 6) is -0.668. The molecule has 1 spiro atoms. The molecule has 5 aliphatic carbocycles. The summed E-state index contributed by atoms with van der Waals surface area (Å²) in [5, 5.41) is 10.3. The van der Waals surface area contributed by atoms with Crippen LogP contribution in [-0.2, 0) is 14.4 Å². The summed E-state index contributed by atoms with van der Waals surface area (Å²) >= 11 is 0. The fourth-order valence-electron chi connectivity index (χ4n) is 9.79. The standard InChI is InChI=1S/C30H37NO4/c1-17(2)20-16-30-14-11-21-28(3,12-8-13-29(21,4)27(34)35)22(30)15-19(20)23-24(30)26(33)31(25(23)32)18-9-6-5-7-10-18/h5-7,9-10,16-17,19,21-24H,8,11-15H2,1-4H3,(H,34,35)/t19-,21+,22-,23+,24+,28-,29+,30+/m0/s1. The Bertz CT molecular complexity index is 1140. The van der Waals surface area contributed by atoms with Gasteiger partial charge in [0.2, 0.25) is 11.8 Å². The molecule has 1 heterocycles. The Morgan fingerprint density at radius 1 is 1.03 bits per heavy atom. The molecule has 6 aliphatic rings. The fourth-order valence-corrected chi connectivity index (χ4v) is 9.79. The summed E-state index contributed by atoms with van der Waals surface area (Å²) in [6, 6.07) is 9.39. The van der Waals surface area contributed by atoms with E-state index >= 15 is 0 Å². The van der Waals surface area contributed by atoms with E-state index in [1.165, 1.54) is 10.5 Å². The van der Waals surface area contributed by atoms with Gasteiger partial charge in [0.25, 0.3) is 0 Å². The number of amides is 2. The first-order chi connectivity index (χ1) is 16.6. The van der Waals surface area contributed by atoms with E-state index in [1.807, 2.05) is 37.3 Å². The zero-order chi connectivity index (χ0) is 24.9. The highest BCUT2D eigenvalue weighted by atomic mass is 16.4. The van der Waals surface area contributed by atoms with E-state index < -0.39 is 11.4 Å². The van der Waals surface area contributed by atoms with Crippen molar-refractivity contribution in [3.05, 3.63) is 42.0 Å². The number of allylic oxidation sites excluding steroid dienone is 2. The molecular weight excluding hydrogens is 438 g/mol. The van der Waals surface area contributed by atoms with Crippen LogP contribution < -0.4 is 4.90 Å². The second-order valence-electron chi connectivity index (χ2n) is 12.8. The lowest BCUT2D eigenvalue weighted by atomic mass is 9.34. The van der Waals surface area contributed by atoms with Crippen molar-refractivity contribution >= 4 is 23.5 Å². The van der Waals surface area contributed by atoms with Gasteiger partial charge in [-0.2, -0.15) is 0 Å². The van der Waals surface area contributed by atoms with Crippen molar-refractivity contribution in [2.24, 2.45) is 51.8 Å². The molecule has 0 unspecified atom stereocenters. The first-order valence-corrected chi connectivity index (χ1v) is 13.4. The lowest BCUT2D eigenvalue weighted by Crippen LogP contribution is -2.65. The Balaban J connectivity index is 1.50. The van der Waals surface area contributed by atoms with Crippen molar-refractivity contribution in [3.8, 4) is 0 Å². The zero-order valence-electron chi connectivity index (χ0n) is 21.3. The highest BCUT2D eigenvalue weighted by Gasteiger charge is 2.73. The van der Waals surface area contributed by atoms with Crippen LogP contribution in [0.2, 0.25) is 0 Å². The molecule has 0 aromatic heterocycles. The SMILES string of the molecule is CC(C)C1=C[C@]23CC[C@@H]4[C@](C)(CCC[C@@]4(C)C(=O)O)[C@@H]2C[C@@H]1[C@H]1C(=O)N(c2ccccc2)C(=O)[C@@H]13. The number of carboxylic acid groups (broad SMARTS) is 1. The number of para-hydroxylation sites is 1. The van der Waals surface area contributed by atoms with E-state index in [-0.39, 0.29) is 52.2 Å². The average Bonchev–Trinajstić information content (AvgIpc) is 3.11. The first-order valence-electron chi connectivity index (χ1n) is 13.4. The predicted molar refractivity (Wildman–Crippen MR) is 133 cm³/mol. The van der Waals surface area contributed by atoms with Gasteiger partial charge in [-0.3, -0.25) is 19.3 Å². The van der Waals surface area contributed by atoms with Gasteiger partial charge < -0.3 is 5.11 Å². The van der Waals surface area contributed by atoms with Crippen LogP contribution in [0.5, 0.6) is 0 Å². The molecule has 4 fully saturated rings. The minimum atomic E-state index is -0.721. The maximum absolute atomic E-state index is 14.1. The summed E-state index contributed by atoms with van der Waals surface area (Å²) in [7, 11) is 0. The highest BCUT2D eigenvalue weighted by Crippen LogP contribution is 2.74. The molecule has 1 aromatic carbocycles. The van der Waals surface area contributed by atoms with Gasteiger partial charge in [0, 0.05) is 5.41 Å². The number of carbonyl (C=O) groups excluding carboxylic acids is 2. The summed E-state index contributed by atoms with van der Waals surface area (Å²) in [6.45, 7) is 8.69. The molecule has 0 radical (unpaired) electrons. The number of hydrogen-bond donors (Lipinski definition) is 1. The molecule has 3 saturated carbocycles. The lowest BCUT2D eigenvalue weighted by Gasteiger charge is -2.68. The van der Waals surface area contributed by atoms with Gasteiger partial charge >= 0.3 is 5.97 Å². The molecule has 2 amide bonds. The molecule has 1 aliphatic heterocycles. The maximum Gasteiger partial charge on any atom is 0.309 e. The topological polar surface area (TPSA) is 74.7 Å². The maximum atomic E-state index is 14.1. The van der Waals surface area contributed by atoms with Crippen molar-refractivity contribution in [2.75, 3.05) is 4.90 Å². The molecule has 35 heavy (non-hydrogen) atoms. The van der Waals surface area contributed by atoms with Crippen LogP contribution in [0.1, 0.15) is 66.2 Å². The van der Waals surface area contributed by atoms with Gasteiger partial charge in [-0.1, -0.05) is 57.0 Å². The van der Waals surface area contributed by atoms with Crippen LogP contribution in [-0.4, -0.2) is 22.9 Å². The highest BCUT2D eigenvalue weighted by molar-refractivity contribution is 6.22. The molecule has 5 nitrogen and oxygen atoms in total. The van der Waals surface area contributed by atoms with E-state index in [0.29, 0.717) is 11.6 Å². The Morgan fingerprint density at radius 3 is 2.40 bits per heavy atom. The molecule has 7 rings (SSSR count). The molecule has 5 heteroatoms. The predicted octanol–water partition coefficient (Wildman–Crippen LogP) is 5.70. The third-order valence-electron chi connectivity index (χ3n) is 11.2. The van der Waals surface area contributed by atoms with Crippen LogP contribution in [0.4, 0.5) is 5.69 Å². The Hall–Kier alpha value is -2.43. The second kappa shape index (κ2) is 7.30. The number of carbonyl (C=O) groups is 3. The number of carboxylic acids is 1. The lowest BCUT2D eigenvalue weighted by molar-refractivity contribution is -0.194. The van der Waals surface area contributed by atoms with Crippen LogP contribution >= 0.6 is 0 Å². The molecule has 2 bridgehead atoms. The Labute approximate surface area is 208 Å². The number of anilines is 1. The van der Waals surface area contributed by atoms with Crippen molar-refractivity contribution in [1.29, 1.82) is 0 Å². The van der Waals surface area contributed by atoms with Gasteiger partial charge in [-0.05, 0) is 80.2 Å². The molecule has 8 atom stereocenters. The Morgan fingerprint density at radius 2 is 1.74 bits per heavy atom. The van der Waals surface area contributed by atoms with Crippen LogP contribution in [0, 0.1) is 51.8 Å². The molecule has 1 aromatic rings. The van der Waals surface area contributed by atoms with Gasteiger partial charge in [0.15, 0.2) is 0 Å². The number of fused-ring (bicyclic) bond motifs is 1. The van der Waals surface area contributed by atoms with Gasteiger partial charge in [-0.25, -0.2) is 0 Å². The molecule has 1 saturated heterocycles. The Kier molecular flexibility index (Phi) is 4.80. The second-order valence-corrected chi connectivity index (χ2v) is 12.8. The number of nitrogens with zero attached hydrogens (tertiary/aromatic N) is 1. The summed E-state index contributed by atoms with van der Waals surface area (Å²) in [5.41, 5.74) is 0.789.